The van der Waals surface area contributed by atoms with Crippen LogP contribution in [0.5, 0.6) is 0 Å². The Morgan fingerprint density at radius 1 is 1.27 bits per heavy atom. The van der Waals surface area contributed by atoms with Crippen LogP contribution in [0.15, 0.2) is 24.3 Å². The van der Waals surface area contributed by atoms with Gasteiger partial charge in [-0.15, -0.1) is 0 Å². The van der Waals surface area contributed by atoms with Gasteiger partial charge in [0.05, 0.1) is 19.4 Å². The van der Waals surface area contributed by atoms with Crippen LogP contribution in [0.2, 0.25) is 0 Å². The molecule has 22 heavy (non-hydrogen) atoms. The van der Waals surface area contributed by atoms with Crippen molar-refractivity contribution in [1.29, 1.82) is 0 Å². The molecule has 0 aromatic heterocycles. The van der Waals surface area contributed by atoms with Gasteiger partial charge < -0.3 is 10.1 Å². The van der Waals surface area contributed by atoms with Gasteiger partial charge in [0.15, 0.2) is 0 Å². The van der Waals surface area contributed by atoms with Gasteiger partial charge in [0.25, 0.3) is 0 Å². The molecule has 1 amide bonds. The maximum absolute atomic E-state index is 12.7. The van der Waals surface area contributed by atoms with Gasteiger partial charge in [-0.05, 0) is 49.1 Å². The summed E-state index contributed by atoms with van der Waals surface area (Å²) in [6, 6.07) is 8.13. The largest absolute Gasteiger partial charge is 0.469 e. The van der Waals surface area contributed by atoms with E-state index in [1.165, 1.54) is 12.7 Å². The Labute approximate surface area is 131 Å². The van der Waals surface area contributed by atoms with Crippen molar-refractivity contribution in [3.8, 4) is 0 Å². The van der Waals surface area contributed by atoms with Crippen LogP contribution in [0.25, 0.3) is 0 Å². The second-order valence-corrected chi connectivity index (χ2v) is 6.38. The first-order chi connectivity index (χ1) is 10.7. The maximum atomic E-state index is 12.7. The smallest absolute Gasteiger partial charge is 0.307 e. The first-order valence-corrected chi connectivity index (χ1v) is 8.14. The van der Waals surface area contributed by atoms with Crippen LogP contribution >= 0.6 is 0 Å². The molecule has 1 N–H and O–H groups in total. The molecule has 0 aliphatic heterocycles. The summed E-state index contributed by atoms with van der Waals surface area (Å²) in [6.45, 7) is 0. The molecule has 3 rings (SSSR count). The number of hydrogen-bond donors (Lipinski definition) is 1. The third-order valence-electron chi connectivity index (χ3n) is 4.82. The molecule has 118 valence electrons. The van der Waals surface area contributed by atoms with E-state index in [2.05, 4.69) is 17.4 Å². The molecule has 1 aromatic rings. The van der Waals surface area contributed by atoms with Gasteiger partial charge in [-0.2, -0.15) is 0 Å². The highest BCUT2D eigenvalue weighted by atomic mass is 16.5. The molecular formula is C18H23NO3. The van der Waals surface area contributed by atoms with Crippen molar-refractivity contribution in [3.05, 3.63) is 35.4 Å². The van der Waals surface area contributed by atoms with Crippen molar-refractivity contribution in [3.63, 3.8) is 0 Å². The van der Waals surface area contributed by atoms with Gasteiger partial charge in [0.1, 0.15) is 0 Å². The number of benzene rings is 1. The molecule has 0 spiro atoms. The summed E-state index contributed by atoms with van der Waals surface area (Å²) in [7, 11) is 1.39. The van der Waals surface area contributed by atoms with E-state index in [0.717, 1.165) is 37.7 Å². The second-order valence-electron chi connectivity index (χ2n) is 6.38. The van der Waals surface area contributed by atoms with E-state index in [0.29, 0.717) is 5.92 Å². The monoisotopic (exact) mass is 301 g/mol. The number of ether oxygens (including phenoxy) is 1. The van der Waals surface area contributed by atoms with Crippen molar-refractivity contribution in [1.82, 2.24) is 5.32 Å². The number of carbonyl (C=O) groups excluding carboxylic acids is 2. The molecule has 2 atom stereocenters. The van der Waals surface area contributed by atoms with Gasteiger partial charge in [-0.1, -0.05) is 24.3 Å². The van der Waals surface area contributed by atoms with Crippen LogP contribution in [0.1, 0.15) is 49.1 Å². The standard InChI is InChI=1S/C18H23NO3/c1-22-17(20)11-16(13-9-10-13)19-18(21)15-8-4-6-12-5-2-3-7-14(12)15/h2-3,5,7,13,15-16H,4,6,8-11H2,1H3,(H,19,21)/t15-,16-/m1/s1. The predicted molar refractivity (Wildman–Crippen MR) is 83.4 cm³/mol. The van der Waals surface area contributed by atoms with Crippen molar-refractivity contribution < 1.29 is 14.3 Å². The van der Waals surface area contributed by atoms with Crippen LogP contribution in [-0.2, 0) is 20.7 Å². The van der Waals surface area contributed by atoms with E-state index in [1.54, 1.807) is 0 Å². The third-order valence-corrected chi connectivity index (χ3v) is 4.82. The molecule has 0 unspecified atom stereocenters. The summed E-state index contributed by atoms with van der Waals surface area (Å²) in [5.74, 6) is 0.167. The summed E-state index contributed by atoms with van der Waals surface area (Å²) in [6.07, 6.45) is 5.43. The van der Waals surface area contributed by atoms with Crippen LogP contribution in [0.3, 0.4) is 0 Å². The van der Waals surface area contributed by atoms with Crippen LogP contribution in [0.4, 0.5) is 0 Å². The number of amides is 1. The van der Waals surface area contributed by atoms with Crippen molar-refractivity contribution >= 4 is 11.9 Å². The third kappa shape index (κ3) is 3.32. The average Bonchev–Trinajstić information content (AvgIpc) is 3.38. The topological polar surface area (TPSA) is 55.4 Å². The molecule has 1 fully saturated rings. The van der Waals surface area contributed by atoms with Gasteiger partial charge >= 0.3 is 5.97 Å². The van der Waals surface area contributed by atoms with E-state index in [9.17, 15) is 9.59 Å². The number of hydrogen-bond acceptors (Lipinski definition) is 3. The Balaban J connectivity index is 1.70. The van der Waals surface area contributed by atoms with Gasteiger partial charge in [-0.25, -0.2) is 0 Å². The minimum atomic E-state index is -0.249. The molecule has 0 radical (unpaired) electrons. The lowest BCUT2D eigenvalue weighted by Gasteiger charge is -2.27. The number of carbonyl (C=O) groups is 2. The van der Waals surface area contributed by atoms with Gasteiger partial charge in [0.2, 0.25) is 5.91 Å². The molecule has 4 nitrogen and oxygen atoms in total. The maximum Gasteiger partial charge on any atom is 0.307 e. The zero-order valence-electron chi connectivity index (χ0n) is 13.0. The van der Waals surface area contributed by atoms with Gasteiger partial charge in [-0.3, -0.25) is 9.59 Å². The Morgan fingerprint density at radius 3 is 2.77 bits per heavy atom. The summed E-state index contributed by atoms with van der Waals surface area (Å²) in [5, 5.41) is 3.12. The minimum Gasteiger partial charge on any atom is -0.469 e. The van der Waals surface area contributed by atoms with E-state index in [-0.39, 0.29) is 30.3 Å². The highest BCUT2D eigenvalue weighted by molar-refractivity contribution is 5.85. The number of aryl methyl sites for hydroxylation is 1. The molecule has 1 aromatic carbocycles. The fourth-order valence-corrected chi connectivity index (χ4v) is 3.41. The SMILES string of the molecule is COC(=O)C[C@@H](NC(=O)[C@@H]1CCCc2ccccc21)C1CC1. The van der Waals surface area contributed by atoms with Crippen LogP contribution < -0.4 is 5.32 Å². The zero-order chi connectivity index (χ0) is 15.5. The molecule has 0 heterocycles. The number of methoxy groups -OCH3 is 1. The first-order valence-electron chi connectivity index (χ1n) is 8.14. The summed E-state index contributed by atoms with van der Waals surface area (Å²) in [5.41, 5.74) is 2.43. The Morgan fingerprint density at radius 2 is 2.05 bits per heavy atom. The quantitative estimate of drug-likeness (QED) is 0.850. The Bertz CT molecular complexity index is 565. The van der Waals surface area contributed by atoms with E-state index >= 15 is 0 Å². The molecule has 2 aliphatic rings. The molecule has 1 saturated carbocycles. The number of esters is 1. The predicted octanol–water partition coefficient (Wildman–Crippen LogP) is 2.56. The lowest BCUT2D eigenvalue weighted by Crippen LogP contribution is -2.41. The highest BCUT2D eigenvalue weighted by Gasteiger charge is 2.36. The van der Waals surface area contributed by atoms with Crippen molar-refractivity contribution in [2.75, 3.05) is 7.11 Å². The van der Waals surface area contributed by atoms with E-state index in [1.807, 2.05) is 12.1 Å². The Hall–Kier alpha value is -1.84. The van der Waals surface area contributed by atoms with Crippen LogP contribution in [-0.4, -0.2) is 25.0 Å². The molecule has 2 aliphatic carbocycles. The molecule has 0 saturated heterocycles. The number of fused-ring (bicyclic) bond motifs is 1. The fourth-order valence-electron chi connectivity index (χ4n) is 3.41. The molecule has 0 bridgehead atoms. The fraction of sp³-hybridized carbons (Fsp3) is 0.556. The number of nitrogens with one attached hydrogen (secondary N) is 1. The Kier molecular flexibility index (Phi) is 4.46. The zero-order valence-corrected chi connectivity index (χ0v) is 13.0. The highest BCUT2D eigenvalue weighted by Crippen LogP contribution is 2.36. The summed E-state index contributed by atoms with van der Waals surface area (Å²) in [4.78, 5) is 24.2. The van der Waals surface area contributed by atoms with E-state index < -0.39 is 0 Å². The van der Waals surface area contributed by atoms with Crippen molar-refractivity contribution in [2.45, 2.75) is 50.5 Å². The normalized spacial score (nSPS) is 21.6. The number of rotatable bonds is 5. The lowest BCUT2D eigenvalue weighted by molar-refractivity contribution is -0.141. The second kappa shape index (κ2) is 6.51. The summed E-state index contributed by atoms with van der Waals surface area (Å²) < 4.78 is 4.75. The van der Waals surface area contributed by atoms with Crippen LogP contribution in [0, 0.1) is 5.92 Å². The average molecular weight is 301 g/mol. The molecular weight excluding hydrogens is 278 g/mol. The van der Waals surface area contributed by atoms with E-state index in [4.69, 9.17) is 4.74 Å². The van der Waals surface area contributed by atoms with Gasteiger partial charge in [0, 0.05) is 6.04 Å². The molecule has 4 heteroatoms. The van der Waals surface area contributed by atoms with Crippen molar-refractivity contribution in [2.24, 2.45) is 5.92 Å². The first kappa shape index (κ1) is 15.1. The summed E-state index contributed by atoms with van der Waals surface area (Å²) >= 11 is 0. The minimum absolute atomic E-state index is 0.0629. The lowest BCUT2D eigenvalue weighted by atomic mass is 9.82.